The van der Waals surface area contributed by atoms with Gasteiger partial charge in [-0.05, 0) is 25.1 Å². The molecule has 0 aliphatic heterocycles. The van der Waals surface area contributed by atoms with Crippen LogP contribution in [-0.4, -0.2) is 37.4 Å². The number of rotatable bonds is 4. The van der Waals surface area contributed by atoms with Gasteiger partial charge < -0.3 is 10.2 Å². The number of nitrogens with zero attached hydrogens (tertiary/aromatic N) is 1. The van der Waals surface area contributed by atoms with E-state index in [1.54, 1.807) is 31.5 Å². The van der Waals surface area contributed by atoms with Crippen molar-refractivity contribution in [3.8, 4) is 0 Å². The van der Waals surface area contributed by atoms with Gasteiger partial charge in [0.2, 0.25) is 11.8 Å². The molecule has 0 fully saturated rings. The first kappa shape index (κ1) is 13.4. The van der Waals surface area contributed by atoms with Crippen molar-refractivity contribution >= 4 is 29.2 Å². The zero-order chi connectivity index (χ0) is 12.8. The van der Waals surface area contributed by atoms with E-state index in [1.165, 1.54) is 15.9 Å². The average Bonchev–Trinajstić information content (AvgIpc) is 2.69. The Hall–Kier alpha value is -1.62. The number of carbonyl (C=O) groups excluding carboxylic acids is 2. The fraction of sp³-hybridized carbons (Fsp3) is 0.333. The Labute approximate surface area is 105 Å². The van der Waals surface area contributed by atoms with Gasteiger partial charge in [0.1, 0.15) is 0 Å². The lowest BCUT2D eigenvalue weighted by Crippen LogP contribution is -2.35. The molecule has 1 rings (SSSR count). The first-order valence-electron chi connectivity index (χ1n) is 5.21. The highest BCUT2D eigenvalue weighted by molar-refractivity contribution is 7.12. The molecule has 1 aromatic rings. The van der Waals surface area contributed by atoms with Crippen molar-refractivity contribution in [2.45, 2.75) is 6.92 Å². The van der Waals surface area contributed by atoms with Crippen LogP contribution in [0.15, 0.2) is 18.2 Å². The normalized spacial score (nSPS) is 10.5. The maximum atomic E-state index is 11.4. The van der Waals surface area contributed by atoms with E-state index in [1.807, 2.05) is 19.1 Å². The predicted octanol–water partition coefficient (Wildman–Crippen LogP) is 1.27. The third-order valence-corrected chi connectivity index (χ3v) is 3.04. The SMILES string of the molecule is Cc1ccc(/C=C/C(=O)NCC(=O)N(C)C)s1. The summed E-state index contributed by atoms with van der Waals surface area (Å²) in [4.78, 5) is 26.3. The van der Waals surface area contributed by atoms with Gasteiger partial charge in [0.15, 0.2) is 0 Å². The van der Waals surface area contributed by atoms with Crippen LogP contribution in [0, 0.1) is 6.92 Å². The Morgan fingerprint density at radius 2 is 2.12 bits per heavy atom. The van der Waals surface area contributed by atoms with Crippen molar-refractivity contribution in [1.82, 2.24) is 10.2 Å². The molecular weight excluding hydrogens is 236 g/mol. The van der Waals surface area contributed by atoms with E-state index in [0.29, 0.717) is 0 Å². The quantitative estimate of drug-likeness (QED) is 0.821. The predicted molar refractivity (Wildman–Crippen MR) is 69.8 cm³/mol. The van der Waals surface area contributed by atoms with Crippen LogP contribution in [0.5, 0.6) is 0 Å². The van der Waals surface area contributed by atoms with Crippen LogP contribution in [-0.2, 0) is 9.59 Å². The smallest absolute Gasteiger partial charge is 0.244 e. The summed E-state index contributed by atoms with van der Waals surface area (Å²) in [6.07, 6.45) is 3.18. The number of likely N-dealkylation sites (N-methyl/N-ethyl adjacent to an activating group) is 1. The van der Waals surface area contributed by atoms with Crippen LogP contribution in [0.2, 0.25) is 0 Å². The maximum absolute atomic E-state index is 11.4. The van der Waals surface area contributed by atoms with E-state index in [9.17, 15) is 9.59 Å². The van der Waals surface area contributed by atoms with Crippen molar-refractivity contribution < 1.29 is 9.59 Å². The first-order chi connectivity index (χ1) is 7.99. The Morgan fingerprint density at radius 3 is 2.65 bits per heavy atom. The molecule has 0 aliphatic rings. The summed E-state index contributed by atoms with van der Waals surface area (Å²) in [7, 11) is 3.30. The van der Waals surface area contributed by atoms with Gasteiger partial charge in [0.05, 0.1) is 6.54 Å². The Morgan fingerprint density at radius 1 is 1.41 bits per heavy atom. The molecular formula is C12H16N2O2S. The molecule has 0 saturated carbocycles. The van der Waals surface area contributed by atoms with Gasteiger partial charge in [-0.3, -0.25) is 9.59 Å². The monoisotopic (exact) mass is 252 g/mol. The maximum Gasteiger partial charge on any atom is 0.244 e. The molecule has 0 radical (unpaired) electrons. The van der Waals surface area contributed by atoms with Crippen molar-refractivity contribution in [1.29, 1.82) is 0 Å². The summed E-state index contributed by atoms with van der Waals surface area (Å²) in [6, 6.07) is 3.95. The molecule has 1 N–H and O–H groups in total. The number of carbonyl (C=O) groups is 2. The highest BCUT2D eigenvalue weighted by Crippen LogP contribution is 2.16. The van der Waals surface area contributed by atoms with Crippen LogP contribution in [0.3, 0.4) is 0 Å². The van der Waals surface area contributed by atoms with Crippen LogP contribution in [0.1, 0.15) is 9.75 Å². The lowest BCUT2D eigenvalue weighted by atomic mass is 10.4. The minimum Gasteiger partial charge on any atom is -0.347 e. The molecule has 5 heteroatoms. The van der Waals surface area contributed by atoms with Crippen molar-refractivity contribution in [3.63, 3.8) is 0 Å². The van der Waals surface area contributed by atoms with Gasteiger partial charge in [-0.15, -0.1) is 11.3 Å². The van der Waals surface area contributed by atoms with Gasteiger partial charge in [-0.25, -0.2) is 0 Å². The van der Waals surface area contributed by atoms with Gasteiger partial charge >= 0.3 is 0 Å². The Balaban J connectivity index is 2.40. The third-order valence-electron chi connectivity index (χ3n) is 2.07. The minimum absolute atomic E-state index is 0.0274. The van der Waals surface area contributed by atoms with E-state index in [0.717, 1.165) is 4.88 Å². The molecule has 0 aromatic carbocycles. The molecule has 4 nitrogen and oxygen atoms in total. The van der Waals surface area contributed by atoms with Crippen LogP contribution >= 0.6 is 11.3 Å². The number of nitrogens with one attached hydrogen (secondary N) is 1. The summed E-state index contributed by atoms with van der Waals surface area (Å²) in [5, 5.41) is 2.53. The summed E-state index contributed by atoms with van der Waals surface area (Å²) >= 11 is 1.62. The van der Waals surface area contributed by atoms with Crippen LogP contribution in [0.4, 0.5) is 0 Å². The van der Waals surface area contributed by atoms with Gasteiger partial charge in [0, 0.05) is 29.9 Å². The third kappa shape index (κ3) is 4.82. The molecule has 2 amide bonds. The number of thiophene rings is 1. The molecule has 0 spiro atoms. The summed E-state index contributed by atoms with van der Waals surface area (Å²) in [5.74, 6) is -0.384. The molecule has 17 heavy (non-hydrogen) atoms. The minimum atomic E-state index is -0.258. The number of hydrogen-bond donors (Lipinski definition) is 1. The molecule has 1 heterocycles. The van der Waals surface area contributed by atoms with Crippen molar-refractivity contribution in [3.05, 3.63) is 28.0 Å². The molecule has 0 unspecified atom stereocenters. The molecule has 92 valence electrons. The summed E-state index contributed by atoms with van der Waals surface area (Å²) in [5.41, 5.74) is 0. The molecule has 0 bridgehead atoms. The molecule has 0 saturated heterocycles. The second kappa shape index (κ2) is 6.20. The van der Waals surface area contributed by atoms with E-state index in [4.69, 9.17) is 0 Å². The fourth-order valence-electron chi connectivity index (χ4n) is 1.08. The largest absolute Gasteiger partial charge is 0.347 e. The summed E-state index contributed by atoms with van der Waals surface area (Å²) in [6.45, 7) is 2.04. The lowest BCUT2D eigenvalue weighted by molar-refractivity contribution is -0.129. The lowest BCUT2D eigenvalue weighted by Gasteiger charge is -2.09. The zero-order valence-corrected chi connectivity index (χ0v) is 11.0. The first-order valence-corrected chi connectivity index (χ1v) is 6.03. The van der Waals surface area contributed by atoms with E-state index in [2.05, 4.69) is 5.32 Å². The number of hydrogen-bond acceptors (Lipinski definition) is 3. The Bertz CT molecular complexity index is 435. The number of aryl methyl sites for hydroxylation is 1. The van der Waals surface area contributed by atoms with Gasteiger partial charge in [-0.1, -0.05) is 0 Å². The van der Waals surface area contributed by atoms with E-state index in [-0.39, 0.29) is 18.4 Å². The second-order valence-electron chi connectivity index (χ2n) is 3.79. The van der Waals surface area contributed by atoms with Crippen molar-refractivity contribution in [2.75, 3.05) is 20.6 Å². The van der Waals surface area contributed by atoms with Crippen LogP contribution < -0.4 is 5.32 Å². The van der Waals surface area contributed by atoms with Gasteiger partial charge in [0.25, 0.3) is 0 Å². The van der Waals surface area contributed by atoms with Gasteiger partial charge in [-0.2, -0.15) is 0 Å². The summed E-state index contributed by atoms with van der Waals surface area (Å²) < 4.78 is 0. The standard InChI is InChI=1S/C12H16N2O2S/c1-9-4-5-10(17-9)6-7-11(15)13-8-12(16)14(2)3/h4-7H,8H2,1-3H3,(H,13,15)/b7-6+. The highest BCUT2D eigenvalue weighted by Gasteiger charge is 2.04. The molecule has 1 aromatic heterocycles. The van der Waals surface area contributed by atoms with E-state index < -0.39 is 0 Å². The average molecular weight is 252 g/mol. The fourth-order valence-corrected chi connectivity index (χ4v) is 1.86. The highest BCUT2D eigenvalue weighted by atomic mass is 32.1. The second-order valence-corrected chi connectivity index (χ2v) is 5.11. The molecule has 0 aliphatic carbocycles. The zero-order valence-electron chi connectivity index (χ0n) is 10.2. The van der Waals surface area contributed by atoms with Crippen LogP contribution in [0.25, 0.3) is 6.08 Å². The number of amides is 2. The molecule has 0 atom stereocenters. The van der Waals surface area contributed by atoms with E-state index >= 15 is 0 Å². The van der Waals surface area contributed by atoms with Crippen molar-refractivity contribution in [2.24, 2.45) is 0 Å². The Kier molecular flexibility index (Phi) is 4.90. The topological polar surface area (TPSA) is 49.4 Å².